The number of H-pyrrole nitrogens is 1. The first kappa shape index (κ1) is 19.1. The molecular formula is C23H33N5O. The Morgan fingerprint density at radius 1 is 1.07 bits per heavy atom. The van der Waals surface area contributed by atoms with Gasteiger partial charge in [0, 0.05) is 48.7 Å². The standard InChI is InChI=1S/C23H33N5O/c29-23(19-5-2-6-21-20(19)14-26-28-21)25-12-16-7-8-17-10-18(27-22(17)9-16)13-24-11-15-3-1-4-15/h7-10,15,19-21,24,26-28H,1-6,11-14H2,(H,25,29). The van der Waals surface area contributed by atoms with Crippen LogP contribution in [0.4, 0.5) is 0 Å². The first-order valence-electron chi connectivity index (χ1n) is 11.3. The van der Waals surface area contributed by atoms with Crippen LogP contribution in [0.3, 0.4) is 0 Å². The van der Waals surface area contributed by atoms with Crippen LogP contribution in [0.15, 0.2) is 24.3 Å². The topological polar surface area (TPSA) is 81.0 Å². The largest absolute Gasteiger partial charge is 0.357 e. The first-order chi connectivity index (χ1) is 14.3. The Balaban J connectivity index is 1.16. The normalized spacial score (nSPS) is 27.0. The van der Waals surface area contributed by atoms with Crippen molar-refractivity contribution in [3.63, 3.8) is 0 Å². The molecule has 2 aliphatic carbocycles. The summed E-state index contributed by atoms with van der Waals surface area (Å²) >= 11 is 0. The minimum atomic E-state index is 0.124. The second kappa shape index (κ2) is 8.46. The van der Waals surface area contributed by atoms with Crippen LogP contribution in [-0.4, -0.2) is 30.0 Å². The van der Waals surface area contributed by atoms with Gasteiger partial charge in [-0.3, -0.25) is 15.6 Å². The lowest BCUT2D eigenvalue weighted by Crippen LogP contribution is -2.43. The highest BCUT2D eigenvalue weighted by atomic mass is 16.1. The highest BCUT2D eigenvalue weighted by molar-refractivity contribution is 5.82. The minimum absolute atomic E-state index is 0.124. The summed E-state index contributed by atoms with van der Waals surface area (Å²) in [4.78, 5) is 16.3. The van der Waals surface area contributed by atoms with E-state index in [9.17, 15) is 4.79 Å². The molecular weight excluding hydrogens is 362 g/mol. The number of hydrogen-bond acceptors (Lipinski definition) is 4. The lowest BCUT2D eigenvalue weighted by atomic mass is 9.76. The van der Waals surface area contributed by atoms with Gasteiger partial charge in [0.05, 0.1) is 0 Å². The maximum absolute atomic E-state index is 12.8. The van der Waals surface area contributed by atoms with Crippen LogP contribution < -0.4 is 21.5 Å². The van der Waals surface area contributed by atoms with Gasteiger partial charge in [0.25, 0.3) is 0 Å². The summed E-state index contributed by atoms with van der Waals surface area (Å²) in [6.45, 7) is 3.51. The van der Waals surface area contributed by atoms with E-state index in [4.69, 9.17) is 0 Å². The molecule has 2 saturated carbocycles. The summed E-state index contributed by atoms with van der Waals surface area (Å²) in [6.07, 6.45) is 7.45. The molecule has 6 nitrogen and oxygen atoms in total. The van der Waals surface area contributed by atoms with E-state index in [1.165, 1.54) is 36.8 Å². The summed E-state index contributed by atoms with van der Waals surface area (Å²) in [7, 11) is 0. The molecule has 0 radical (unpaired) electrons. The monoisotopic (exact) mass is 395 g/mol. The number of amides is 1. The fraction of sp³-hybridized carbons (Fsp3) is 0.609. The van der Waals surface area contributed by atoms with Gasteiger partial charge in [0.15, 0.2) is 0 Å². The molecule has 3 unspecified atom stereocenters. The molecule has 1 aliphatic heterocycles. The zero-order chi connectivity index (χ0) is 19.6. The molecule has 29 heavy (non-hydrogen) atoms. The minimum Gasteiger partial charge on any atom is -0.357 e. The average Bonchev–Trinajstić information content (AvgIpc) is 3.33. The van der Waals surface area contributed by atoms with Crippen molar-refractivity contribution < 1.29 is 4.79 Å². The van der Waals surface area contributed by atoms with Gasteiger partial charge in [-0.25, -0.2) is 0 Å². The van der Waals surface area contributed by atoms with E-state index >= 15 is 0 Å². The fourth-order valence-corrected chi connectivity index (χ4v) is 5.23. The molecule has 1 saturated heterocycles. The summed E-state index contributed by atoms with van der Waals surface area (Å²) in [5.41, 5.74) is 10.1. The molecule has 5 N–H and O–H groups in total. The number of aromatic nitrogens is 1. The van der Waals surface area contributed by atoms with Crippen molar-refractivity contribution in [2.45, 2.75) is 57.7 Å². The number of fused-ring (bicyclic) bond motifs is 2. The van der Waals surface area contributed by atoms with Crippen LogP contribution in [0, 0.1) is 17.8 Å². The van der Waals surface area contributed by atoms with Crippen molar-refractivity contribution in [1.82, 2.24) is 26.5 Å². The van der Waals surface area contributed by atoms with Gasteiger partial charge in [0.1, 0.15) is 0 Å². The smallest absolute Gasteiger partial charge is 0.223 e. The highest BCUT2D eigenvalue weighted by Gasteiger charge is 2.39. The van der Waals surface area contributed by atoms with Crippen molar-refractivity contribution >= 4 is 16.8 Å². The van der Waals surface area contributed by atoms with Crippen molar-refractivity contribution in [3.8, 4) is 0 Å². The second-order valence-corrected chi connectivity index (χ2v) is 9.19. The summed E-state index contributed by atoms with van der Waals surface area (Å²) < 4.78 is 0. The maximum atomic E-state index is 12.8. The molecule has 156 valence electrons. The van der Waals surface area contributed by atoms with E-state index in [1.54, 1.807) is 0 Å². The van der Waals surface area contributed by atoms with Gasteiger partial charge in [-0.05, 0) is 61.2 Å². The van der Waals surface area contributed by atoms with Gasteiger partial charge in [-0.2, -0.15) is 0 Å². The lowest BCUT2D eigenvalue weighted by molar-refractivity contribution is -0.127. The molecule has 3 aliphatic rings. The average molecular weight is 396 g/mol. The van der Waals surface area contributed by atoms with Crippen LogP contribution in [-0.2, 0) is 17.9 Å². The third-order valence-electron chi connectivity index (χ3n) is 7.21. The zero-order valence-corrected chi connectivity index (χ0v) is 17.1. The van der Waals surface area contributed by atoms with Crippen molar-refractivity contribution in [2.24, 2.45) is 17.8 Å². The SMILES string of the molecule is O=C(NCc1ccc2cc(CNCC3CCC3)[nH]c2c1)C1CCCC2NNCC21. The molecule has 2 heterocycles. The second-order valence-electron chi connectivity index (χ2n) is 9.19. The number of carbonyl (C=O) groups is 1. The molecule has 0 spiro atoms. The molecule has 2 aromatic rings. The number of hydrogen-bond donors (Lipinski definition) is 5. The Morgan fingerprint density at radius 3 is 2.83 bits per heavy atom. The van der Waals surface area contributed by atoms with E-state index in [1.807, 2.05) is 0 Å². The Bertz CT molecular complexity index is 858. The predicted molar refractivity (Wildman–Crippen MR) is 115 cm³/mol. The first-order valence-corrected chi connectivity index (χ1v) is 11.3. The number of carbonyl (C=O) groups excluding carboxylic acids is 1. The fourth-order valence-electron chi connectivity index (χ4n) is 5.23. The Kier molecular flexibility index (Phi) is 5.57. The van der Waals surface area contributed by atoms with Gasteiger partial charge in [0.2, 0.25) is 5.91 Å². The maximum Gasteiger partial charge on any atom is 0.223 e. The van der Waals surface area contributed by atoms with Gasteiger partial charge < -0.3 is 15.6 Å². The number of rotatable bonds is 7. The van der Waals surface area contributed by atoms with E-state index in [0.29, 0.717) is 18.5 Å². The molecule has 3 atom stereocenters. The highest BCUT2D eigenvalue weighted by Crippen LogP contribution is 2.32. The van der Waals surface area contributed by atoms with E-state index < -0.39 is 0 Å². The molecule has 5 rings (SSSR count). The van der Waals surface area contributed by atoms with Gasteiger partial charge >= 0.3 is 0 Å². The van der Waals surface area contributed by atoms with Crippen LogP contribution in [0.2, 0.25) is 0 Å². The van der Waals surface area contributed by atoms with Crippen LogP contribution in [0.25, 0.3) is 10.9 Å². The molecule has 6 heteroatoms. The predicted octanol–water partition coefficient (Wildman–Crippen LogP) is 2.57. The zero-order valence-electron chi connectivity index (χ0n) is 17.1. The number of benzene rings is 1. The summed E-state index contributed by atoms with van der Waals surface area (Å²) in [5, 5.41) is 8.00. The molecule has 3 fully saturated rings. The Hall–Kier alpha value is -1.89. The van der Waals surface area contributed by atoms with Gasteiger partial charge in [-0.15, -0.1) is 0 Å². The summed E-state index contributed by atoms with van der Waals surface area (Å²) in [5.74, 6) is 1.63. The number of hydrazine groups is 1. The molecule has 1 aromatic carbocycles. The van der Waals surface area contributed by atoms with Crippen LogP contribution in [0.5, 0.6) is 0 Å². The van der Waals surface area contributed by atoms with E-state index in [0.717, 1.165) is 49.5 Å². The summed E-state index contributed by atoms with van der Waals surface area (Å²) in [6, 6.07) is 9.14. The quantitative estimate of drug-likeness (QED) is 0.499. The van der Waals surface area contributed by atoms with Crippen LogP contribution >= 0.6 is 0 Å². The van der Waals surface area contributed by atoms with E-state index in [2.05, 4.69) is 50.7 Å². The van der Waals surface area contributed by atoms with Crippen LogP contribution in [0.1, 0.15) is 49.8 Å². The molecule has 0 bridgehead atoms. The van der Waals surface area contributed by atoms with E-state index in [-0.39, 0.29) is 11.8 Å². The third-order valence-corrected chi connectivity index (χ3v) is 7.21. The third kappa shape index (κ3) is 4.20. The van der Waals surface area contributed by atoms with Gasteiger partial charge in [-0.1, -0.05) is 25.0 Å². The molecule has 1 amide bonds. The van der Waals surface area contributed by atoms with Crippen molar-refractivity contribution in [3.05, 3.63) is 35.5 Å². The van der Waals surface area contributed by atoms with Crippen molar-refractivity contribution in [1.29, 1.82) is 0 Å². The van der Waals surface area contributed by atoms with Crippen molar-refractivity contribution in [2.75, 3.05) is 13.1 Å². The lowest BCUT2D eigenvalue weighted by Gasteiger charge is -2.31. The number of aromatic amines is 1. The molecule has 1 aromatic heterocycles. The Morgan fingerprint density at radius 2 is 1.97 bits per heavy atom. The number of nitrogens with one attached hydrogen (secondary N) is 5. The Labute approximate surface area is 172 Å².